The van der Waals surface area contributed by atoms with Gasteiger partial charge in [-0.25, -0.2) is 0 Å². The third-order valence-electron chi connectivity index (χ3n) is 3.79. The van der Waals surface area contributed by atoms with Crippen LogP contribution in [0.15, 0.2) is 48.5 Å². The molecule has 0 bridgehead atoms. The van der Waals surface area contributed by atoms with Crippen molar-refractivity contribution in [3.63, 3.8) is 0 Å². The van der Waals surface area contributed by atoms with E-state index in [0.717, 1.165) is 11.1 Å². The lowest BCUT2D eigenvalue weighted by molar-refractivity contribution is -0.138. The van der Waals surface area contributed by atoms with E-state index in [4.69, 9.17) is 9.84 Å². The summed E-state index contributed by atoms with van der Waals surface area (Å²) in [5.74, 6) is -1.81. The topological polar surface area (TPSA) is 63.6 Å². The van der Waals surface area contributed by atoms with E-state index < -0.39 is 17.8 Å². The van der Waals surface area contributed by atoms with Crippen LogP contribution in [0.5, 0.6) is 5.75 Å². The van der Waals surface area contributed by atoms with Crippen molar-refractivity contribution in [3.8, 4) is 5.75 Å². The van der Waals surface area contributed by atoms with E-state index in [1.54, 1.807) is 25.1 Å². The molecule has 0 saturated heterocycles. The van der Waals surface area contributed by atoms with Crippen LogP contribution in [0, 0.1) is 0 Å². The molecule has 0 aliphatic carbocycles. The molecule has 1 heterocycles. The Hall–Kier alpha value is -2.62. The van der Waals surface area contributed by atoms with Gasteiger partial charge in [-0.05, 0) is 24.1 Å². The monoisotopic (exact) mass is 282 g/mol. The molecule has 0 amide bonds. The van der Waals surface area contributed by atoms with Crippen molar-refractivity contribution >= 4 is 11.9 Å². The predicted octanol–water partition coefficient (Wildman–Crippen LogP) is 2.93. The Labute approximate surface area is 122 Å². The number of carbonyl (C=O) groups is 2. The summed E-state index contributed by atoms with van der Waals surface area (Å²) in [6.45, 7) is 1.62. The number of fused-ring (bicyclic) bond motifs is 1. The zero-order valence-electron chi connectivity index (χ0n) is 11.4. The fourth-order valence-corrected chi connectivity index (χ4v) is 2.55. The highest BCUT2D eigenvalue weighted by Crippen LogP contribution is 2.40. The van der Waals surface area contributed by atoms with Crippen LogP contribution in [0.25, 0.3) is 0 Å². The number of hydrogen-bond donors (Lipinski definition) is 1. The molecule has 1 N–H and O–H groups in total. The third kappa shape index (κ3) is 2.29. The van der Waals surface area contributed by atoms with Crippen molar-refractivity contribution < 1.29 is 19.4 Å². The van der Waals surface area contributed by atoms with E-state index in [-0.39, 0.29) is 5.97 Å². The number of aliphatic carboxylic acids is 1. The summed E-state index contributed by atoms with van der Waals surface area (Å²) in [6, 6.07) is 14.5. The molecule has 4 nitrogen and oxygen atoms in total. The number of carboxylic acids is 1. The van der Waals surface area contributed by atoms with Crippen LogP contribution in [0.1, 0.15) is 35.4 Å². The Morgan fingerprint density at radius 1 is 1.19 bits per heavy atom. The van der Waals surface area contributed by atoms with Crippen LogP contribution in [0.3, 0.4) is 0 Å². The van der Waals surface area contributed by atoms with Crippen LogP contribution in [-0.2, 0) is 9.59 Å². The maximum atomic E-state index is 12.1. The maximum Gasteiger partial charge on any atom is 0.323 e. The Kier molecular flexibility index (Phi) is 3.22. The van der Waals surface area contributed by atoms with Crippen molar-refractivity contribution in [2.45, 2.75) is 18.8 Å². The van der Waals surface area contributed by atoms with Gasteiger partial charge in [0.15, 0.2) is 0 Å². The molecule has 1 aliphatic rings. The largest absolute Gasteiger partial charge is 0.481 e. The van der Waals surface area contributed by atoms with Crippen molar-refractivity contribution in [2.75, 3.05) is 0 Å². The molecule has 0 fully saturated rings. The number of hydrogen-bond acceptors (Lipinski definition) is 3. The summed E-state index contributed by atoms with van der Waals surface area (Å²) in [4.78, 5) is 23.2. The Balaban J connectivity index is 2.07. The summed E-state index contributed by atoms with van der Waals surface area (Å²) in [7, 11) is 0. The summed E-state index contributed by atoms with van der Waals surface area (Å²) in [5.41, 5.74) is 2.25. The average molecular weight is 282 g/mol. The van der Waals surface area contributed by atoms with E-state index >= 15 is 0 Å². The number of ether oxygens (including phenoxy) is 1. The Bertz CT molecular complexity index is 706. The van der Waals surface area contributed by atoms with E-state index in [0.29, 0.717) is 11.3 Å². The Morgan fingerprint density at radius 2 is 1.90 bits per heavy atom. The molecule has 2 aromatic carbocycles. The fourth-order valence-electron chi connectivity index (χ4n) is 2.55. The van der Waals surface area contributed by atoms with Gasteiger partial charge in [-0.1, -0.05) is 42.5 Å². The highest BCUT2D eigenvalue weighted by Gasteiger charge is 2.35. The van der Waals surface area contributed by atoms with Crippen LogP contribution >= 0.6 is 0 Å². The van der Waals surface area contributed by atoms with Gasteiger partial charge in [-0.3, -0.25) is 9.59 Å². The van der Waals surface area contributed by atoms with Crippen LogP contribution in [0.2, 0.25) is 0 Å². The van der Waals surface area contributed by atoms with E-state index in [1.165, 1.54) is 0 Å². The first-order valence-corrected chi connectivity index (χ1v) is 6.71. The van der Waals surface area contributed by atoms with Gasteiger partial charge in [-0.2, -0.15) is 0 Å². The summed E-state index contributed by atoms with van der Waals surface area (Å²) in [5, 5.41) is 9.12. The summed E-state index contributed by atoms with van der Waals surface area (Å²) in [6.07, 6.45) is 0. The molecule has 2 unspecified atom stereocenters. The lowest BCUT2D eigenvalue weighted by atomic mass is 9.89. The van der Waals surface area contributed by atoms with Crippen molar-refractivity contribution in [2.24, 2.45) is 0 Å². The number of rotatable bonds is 3. The molecular weight excluding hydrogens is 268 g/mol. The summed E-state index contributed by atoms with van der Waals surface area (Å²) >= 11 is 0. The van der Waals surface area contributed by atoms with Gasteiger partial charge in [0.05, 0.1) is 5.92 Å². The molecule has 0 aromatic heterocycles. The number of benzene rings is 2. The molecule has 3 rings (SSSR count). The second kappa shape index (κ2) is 5.05. The predicted molar refractivity (Wildman–Crippen MR) is 76.4 cm³/mol. The lowest BCUT2D eigenvalue weighted by Gasteiger charge is -2.11. The van der Waals surface area contributed by atoms with E-state index in [1.807, 2.05) is 30.3 Å². The zero-order valence-corrected chi connectivity index (χ0v) is 11.4. The molecule has 0 radical (unpaired) electrons. The van der Waals surface area contributed by atoms with Crippen LogP contribution < -0.4 is 4.74 Å². The van der Waals surface area contributed by atoms with Crippen LogP contribution in [0.4, 0.5) is 0 Å². The van der Waals surface area contributed by atoms with Gasteiger partial charge in [0, 0.05) is 5.56 Å². The highest BCUT2D eigenvalue weighted by atomic mass is 16.5. The second-order valence-electron chi connectivity index (χ2n) is 5.12. The van der Waals surface area contributed by atoms with Crippen LogP contribution in [-0.4, -0.2) is 17.0 Å². The fraction of sp³-hybridized carbons (Fsp3) is 0.176. The minimum absolute atomic E-state index is 0.323. The minimum atomic E-state index is -0.892. The lowest BCUT2D eigenvalue weighted by Crippen LogP contribution is -2.11. The first-order valence-electron chi connectivity index (χ1n) is 6.71. The first kappa shape index (κ1) is 13.4. The molecular formula is C17H14O4. The zero-order chi connectivity index (χ0) is 15.0. The summed E-state index contributed by atoms with van der Waals surface area (Å²) < 4.78 is 5.28. The first-order chi connectivity index (χ1) is 10.1. The molecule has 0 spiro atoms. The van der Waals surface area contributed by atoms with Crippen molar-refractivity contribution in [3.05, 3.63) is 65.2 Å². The molecule has 21 heavy (non-hydrogen) atoms. The van der Waals surface area contributed by atoms with Gasteiger partial charge in [0.1, 0.15) is 11.7 Å². The minimum Gasteiger partial charge on any atom is -0.481 e. The number of carbonyl (C=O) groups excluding carboxylic acids is 1. The standard InChI is InChI=1S/C17H14O4/c1-10(16(18)19)12-7-8-14-13(9-12)15(17(20)21-14)11-5-3-2-4-6-11/h2-10,15H,1H3,(H,18,19). The molecule has 106 valence electrons. The number of esters is 1. The van der Waals surface area contributed by atoms with Gasteiger partial charge in [0.2, 0.25) is 0 Å². The SMILES string of the molecule is CC(C(=O)O)c1ccc2c(c1)C(c1ccccc1)C(=O)O2. The smallest absolute Gasteiger partial charge is 0.323 e. The van der Waals surface area contributed by atoms with Gasteiger partial charge >= 0.3 is 11.9 Å². The molecule has 2 atom stereocenters. The normalized spacial score (nSPS) is 18.0. The van der Waals surface area contributed by atoms with Crippen molar-refractivity contribution in [1.29, 1.82) is 0 Å². The quantitative estimate of drug-likeness (QED) is 0.694. The number of carboxylic acid groups (broad SMARTS) is 1. The van der Waals surface area contributed by atoms with Gasteiger partial charge in [0.25, 0.3) is 0 Å². The average Bonchev–Trinajstić information content (AvgIpc) is 2.82. The molecule has 2 aromatic rings. The van der Waals surface area contributed by atoms with E-state index in [2.05, 4.69) is 0 Å². The Morgan fingerprint density at radius 3 is 2.57 bits per heavy atom. The van der Waals surface area contributed by atoms with E-state index in [9.17, 15) is 9.59 Å². The van der Waals surface area contributed by atoms with Crippen molar-refractivity contribution in [1.82, 2.24) is 0 Å². The molecule has 0 saturated carbocycles. The van der Waals surface area contributed by atoms with Gasteiger partial charge in [-0.15, -0.1) is 0 Å². The maximum absolute atomic E-state index is 12.1. The van der Waals surface area contributed by atoms with Gasteiger partial charge < -0.3 is 9.84 Å². The highest BCUT2D eigenvalue weighted by molar-refractivity contribution is 5.89. The third-order valence-corrected chi connectivity index (χ3v) is 3.79. The second-order valence-corrected chi connectivity index (χ2v) is 5.12. The molecule has 4 heteroatoms. The molecule has 1 aliphatic heterocycles.